The lowest BCUT2D eigenvalue weighted by molar-refractivity contribution is 0.315. The monoisotopic (exact) mass is 311 g/mol. The van der Waals surface area contributed by atoms with Crippen LogP contribution in [0.2, 0.25) is 0 Å². The van der Waals surface area contributed by atoms with Crippen LogP contribution in [-0.2, 0) is 0 Å². The Balaban J connectivity index is 1.93. The number of rotatable bonds is 5. The van der Waals surface area contributed by atoms with Crippen molar-refractivity contribution in [1.29, 1.82) is 0 Å². The number of nitrogens with one attached hydrogen (secondary N) is 1. The zero-order valence-electron chi connectivity index (χ0n) is 10.4. The molecule has 1 saturated carbocycles. The van der Waals surface area contributed by atoms with Crippen LogP contribution in [0.3, 0.4) is 0 Å². The van der Waals surface area contributed by atoms with E-state index >= 15 is 0 Å². The average Bonchev–Trinajstić information content (AvgIpc) is 3.11. The molecule has 4 N–H and O–H groups in total. The Bertz CT molecular complexity index is 469. The Morgan fingerprint density at radius 2 is 2.28 bits per heavy atom. The van der Waals surface area contributed by atoms with Crippen LogP contribution in [0.5, 0.6) is 0 Å². The van der Waals surface area contributed by atoms with Crippen molar-refractivity contribution in [3.05, 3.63) is 28.2 Å². The second kappa shape index (κ2) is 5.18. The molecule has 0 aliphatic heterocycles. The third-order valence-corrected chi connectivity index (χ3v) is 4.34. The standard InChI is InChI=1S/C13H18BrN3O/c1-9-2-3-10(6-11(9)14)16-8-13(4-5-13)7-12(15)17-18/h2-3,6,16,18H,4-5,7-8H2,1H3,(H2,15,17). The van der Waals surface area contributed by atoms with Gasteiger partial charge in [-0.2, -0.15) is 0 Å². The van der Waals surface area contributed by atoms with Gasteiger partial charge in [0.15, 0.2) is 0 Å². The van der Waals surface area contributed by atoms with Gasteiger partial charge in [0.2, 0.25) is 0 Å². The van der Waals surface area contributed by atoms with Crippen LogP contribution in [0.4, 0.5) is 5.69 Å². The molecule has 4 nitrogen and oxygen atoms in total. The molecule has 0 aromatic heterocycles. The van der Waals surface area contributed by atoms with Crippen molar-refractivity contribution in [1.82, 2.24) is 0 Å². The van der Waals surface area contributed by atoms with E-state index in [1.54, 1.807) is 0 Å². The van der Waals surface area contributed by atoms with Gasteiger partial charge in [-0.15, -0.1) is 0 Å². The first-order valence-corrected chi connectivity index (χ1v) is 6.80. The van der Waals surface area contributed by atoms with Crippen LogP contribution >= 0.6 is 15.9 Å². The Morgan fingerprint density at radius 3 is 2.83 bits per heavy atom. The highest BCUT2D eigenvalue weighted by Gasteiger charge is 2.43. The van der Waals surface area contributed by atoms with E-state index in [0.717, 1.165) is 29.5 Å². The first-order valence-electron chi connectivity index (χ1n) is 6.01. The first-order chi connectivity index (χ1) is 8.54. The normalized spacial score (nSPS) is 17.6. The predicted molar refractivity (Wildman–Crippen MR) is 77.1 cm³/mol. The molecular formula is C13H18BrN3O. The van der Waals surface area contributed by atoms with Gasteiger partial charge in [0.25, 0.3) is 0 Å². The molecule has 0 amide bonds. The van der Waals surface area contributed by atoms with Crippen molar-refractivity contribution >= 4 is 27.5 Å². The third-order valence-electron chi connectivity index (χ3n) is 3.48. The molecular weight excluding hydrogens is 294 g/mol. The molecule has 1 aromatic rings. The Morgan fingerprint density at radius 1 is 1.56 bits per heavy atom. The lowest BCUT2D eigenvalue weighted by Gasteiger charge is -2.16. The van der Waals surface area contributed by atoms with E-state index in [0.29, 0.717) is 12.3 Å². The Kier molecular flexibility index (Phi) is 3.80. The summed E-state index contributed by atoms with van der Waals surface area (Å²) >= 11 is 3.52. The van der Waals surface area contributed by atoms with Gasteiger partial charge >= 0.3 is 0 Å². The first kappa shape index (κ1) is 13.2. The molecule has 1 fully saturated rings. The highest BCUT2D eigenvalue weighted by molar-refractivity contribution is 9.10. The third kappa shape index (κ3) is 3.16. The van der Waals surface area contributed by atoms with Gasteiger partial charge in [-0.1, -0.05) is 27.2 Å². The molecule has 0 radical (unpaired) electrons. The topological polar surface area (TPSA) is 70.6 Å². The SMILES string of the molecule is Cc1ccc(NCC2(CC(N)=NO)CC2)cc1Br. The van der Waals surface area contributed by atoms with Crippen LogP contribution in [0.25, 0.3) is 0 Å². The highest BCUT2D eigenvalue weighted by atomic mass is 79.9. The van der Waals surface area contributed by atoms with Gasteiger partial charge in [0.05, 0.1) is 0 Å². The molecule has 0 atom stereocenters. The lowest BCUT2D eigenvalue weighted by Crippen LogP contribution is -2.23. The smallest absolute Gasteiger partial charge is 0.139 e. The minimum atomic E-state index is 0.174. The fourth-order valence-corrected chi connectivity index (χ4v) is 2.38. The summed E-state index contributed by atoms with van der Waals surface area (Å²) in [5, 5.41) is 15.1. The van der Waals surface area contributed by atoms with Crippen LogP contribution in [0.1, 0.15) is 24.8 Å². The molecule has 18 heavy (non-hydrogen) atoms. The molecule has 0 spiro atoms. The summed E-state index contributed by atoms with van der Waals surface area (Å²) in [6.45, 7) is 2.92. The van der Waals surface area contributed by atoms with E-state index in [4.69, 9.17) is 10.9 Å². The largest absolute Gasteiger partial charge is 0.409 e. The summed E-state index contributed by atoms with van der Waals surface area (Å²) < 4.78 is 1.11. The number of hydrogen-bond donors (Lipinski definition) is 3. The summed E-state index contributed by atoms with van der Waals surface area (Å²) in [4.78, 5) is 0. The summed E-state index contributed by atoms with van der Waals surface area (Å²) in [7, 11) is 0. The lowest BCUT2D eigenvalue weighted by atomic mass is 10.0. The zero-order chi connectivity index (χ0) is 13.2. The number of amidine groups is 1. The second-order valence-corrected chi connectivity index (χ2v) is 5.94. The Labute approximate surface area is 115 Å². The molecule has 0 heterocycles. The van der Waals surface area contributed by atoms with E-state index in [2.05, 4.69) is 51.5 Å². The molecule has 1 aliphatic carbocycles. The van der Waals surface area contributed by atoms with Crippen molar-refractivity contribution in [3.63, 3.8) is 0 Å². The summed E-state index contributed by atoms with van der Waals surface area (Å²) in [6, 6.07) is 6.23. The molecule has 0 unspecified atom stereocenters. The number of oxime groups is 1. The minimum absolute atomic E-state index is 0.174. The number of aryl methyl sites for hydroxylation is 1. The van der Waals surface area contributed by atoms with Crippen molar-refractivity contribution < 1.29 is 5.21 Å². The van der Waals surface area contributed by atoms with Crippen LogP contribution < -0.4 is 11.1 Å². The molecule has 5 heteroatoms. The molecule has 98 valence electrons. The second-order valence-electron chi connectivity index (χ2n) is 5.09. The minimum Gasteiger partial charge on any atom is -0.409 e. The molecule has 2 rings (SSSR count). The number of nitrogens with two attached hydrogens (primary N) is 1. The number of nitrogens with zero attached hydrogens (tertiary/aromatic N) is 1. The van der Waals surface area contributed by atoms with Gasteiger partial charge < -0.3 is 16.3 Å². The van der Waals surface area contributed by atoms with Gasteiger partial charge in [0.1, 0.15) is 5.84 Å². The average molecular weight is 312 g/mol. The highest BCUT2D eigenvalue weighted by Crippen LogP contribution is 2.48. The molecule has 1 aliphatic rings. The van der Waals surface area contributed by atoms with Crippen molar-refractivity contribution in [3.8, 4) is 0 Å². The Hall–Kier alpha value is -1.23. The van der Waals surface area contributed by atoms with Crippen molar-refractivity contribution in [2.75, 3.05) is 11.9 Å². The van der Waals surface area contributed by atoms with Crippen LogP contribution in [0, 0.1) is 12.3 Å². The maximum atomic E-state index is 8.61. The van der Waals surface area contributed by atoms with Crippen LogP contribution in [-0.4, -0.2) is 17.6 Å². The van der Waals surface area contributed by atoms with Crippen molar-refractivity contribution in [2.45, 2.75) is 26.2 Å². The molecule has 1 aromatic carbocycles. The van der Waals surface area contributed by atoms with Gasteiger partial charge in [-0.05, 0) is 42.9 Å². The quantitative estimate of drug-likeness (QED) is 0.339. The number of hydrogen-bond acceptors (Lipinski definition) is 3. The zero-order valence-corrected chi connectivity index (χ0v) is 12.0. The summed E-state index contributed by atoms with van der Waals surface area (Å²) in [5.74, 6) is 0.319. The number of anilines is 1. The summed E-state index contributed by atoms with van der Waals surface area (Å²) in [5.41, 5.74) is 8.07. The van der Waals surface area contributed by atoms with Gasteiger partial charge in [-0.25, -0.2) is 0 Å². The molecule has 0 bridgehead atoms. The fraction of sp³-hybridized carbons (Fsp3) is 0.462. The van der Waals surface area contributed by atoms with E-state index in [9.17, 15) is 0 Å². The maximum Gasteiger partial charge on any atom is 0.139 e. The van der Waals surface area contributed by atoms with E-state index in [1.807, 2.05) is 0 Å². The molecule has 0 saturated heterocycles. The van der Waals surface area contributed by atoms with Gasteiger partial charge in [-0.3, -0.25) is 0 Å². The van der Waals surface area contributed by atoms with Crippen LogP contribution in [0.15, 0.2) is 27.8 Å². The fourth-order valence-electron chi connectivity index (χ4n) is 2.00. The summed E-state index contributed by atoms with van der Waals surface area (Å²) in [6.07, 6.45) is 2.91. The van der Waals surface area contributed by atoms with Gasteiger partial charge in [0, 0.05) is 23.1 Å². The van der Waals surface area contributed by atoms with E-state index in [1.165, 1.54) is 5.56 Å². The maximum absolute atomic E-state index is 8.61. The number of benzene rings is 1. The van der Waals surface area contributed by atoms with E-state index in [-0.39, 0.29) is 5.41 Å². The van der Waals surface area contributed by atoms with E-state index < -0.39 is 0 Å². The van der Waals surface area contributed by atoms with Crippen molar-refractivity contribution in [2.24, 2.45) is 16.3 Å². The number of halogens is 1. The predicted octanol–water partition coefficient (Wildman–Crippen LogP) is 3.09.